The van der Waals surface area contributed by atoms with Crippen molar-refractivity contribution in [1.29, 1.82) is 0 Å². The van der Waals surface area contributed by atoms with Crippen LogP contribution in [0.1, 0.15) is 19.4 Å². The summed E-state index contributed by atoms with van der Waals surface area (Å²) in [5.41, 5.74) is 1.24. The molecule has 0 atom stereocenters. The van der Waals surface area contributed by atoms with E-state index in [1.807, 2.05) is 19.9 Å². The quantitative estimate of drug-likeness (QED) is 0.550. The molecule has 1 N–H and O–H groups in total. The predicted molar refractivity (Wildman–Crippen MR) is 113 cm³/mol. The third kappa shape index (κ3) is 5.45. The number of nitrogens with one attached hydrogen (secondary N) is 1. The maximum Gasteiger partial charge on any atom is 0.228 e. The number of benzene rings is 2. The lowest BCUT2D eigenvalue weighted by Gasteiger charge is -2.15. The van der Waals surface area contributed by atoms with Crippen LogP contribution in [0.3, 0.4) is 0 Å². The lowest BCUT2D eigenvalue weighted by atomic mass is 10.1. The molecule has 2 aromatic rings. The van der Waals surface area contributed by atoms with Crippen molar-refractivity contribution < 1.29 is 23.7 Å². The molecule has 0 fully saturated rings. The molecular formula is C20H23BrClNO5. The van der Waals surface area contributed by atoms with Crippen molar-refractivity contribution in [3.63, 3.8) is 0 Å². The van der Waals surface area contributed by atoms with Gasteiger partial charge in [0, 0.05) is 16.6 Å². The summed E-state index contributed by atoms with van der Waals surface area (Å²) in [5, 5.41) is 3.23. The zero-order valence-corrected chi connectivity index (χ0v) is 18.6. The summed E-state index contributed by atoms with van der Waals surface area (Å²) >= 11 is 9.60. The molecular weight excluding hydrogens is 450 g/mol. The monoisotopic (exact) mass is 471 g/mol. The number of carbonyl (C=O) groups excluding carboxylic acids is 1. The van der Waals surface area contributed by atoms with E-state index in [9.17, 15) is 4.79 Å². The van der Waals surface area contributed by atoms with Gasteiger partial charge in [0.1, 0.15) is 11.5 Å². The van der Waals surface area contributed by atoms with Gasteiger partial charge in [-0.25, -0.2) is 0 Å². The highest BCUT2D eigenvalue weighted by Crippen LogP contribution is 2.37. The smallest absolute Gasteiger partial charge is 0.228 e. The van der Waals surface area contributed by atoms with E-state index in [4.69, 9.17) is 30.5 Å². The summed E-state index contributed by atoms with van der Waals surface area (Å²) in [6, 6.07) is 6.83. The van der Waals surface area contributed by atoms with Crippen LogP contribution in [0.4, 0.5) is 5.69 Å². The van der Waals surface area contributed by atoms with Crippen molar-refractivity contribution in [1.82, 2.24) is 0 Å². The fourth-order valence-corrected chi connectivity index (χ4v) is 3.27. The number of carbonyl (C=O) groups is 1. The first-order valence-corrected chi connectivity index (χ1v) is 9.89. The first-order valence-electron chi connectivity index (χ1n) is 8.72. The Morgan fingerprint density at radius 1 is 0.964 bits per heavy atom. The summed E-state index contributed by atoms with van der Waals surface area (Å²) in [6.45, 7) is 4.81. The van der Waals surface area contributed by atoms with Crippen LogP contribution in [0, 0.1) is 0 Å². The van der Waals surface area contributed by atoms with Gasteiger partial charge in [-0.1, -0.05) is 27.5 Å². The van der Waals surface area contributed by atoms with Crippen molar-refractivity contribution in [2.75, 3.05) is 32.8 Å². The molecule has 2 aromatic carbocycles. The summed E-state index contributed by atoms with van der Waals surface area (Å²) < 4.78 is 22.5. The van der Waals surface area contributed by atoms with Gasteiger partial charge >= 0.3 is 0 Å². The molecule has 0 radical (unpaired) electrons. The molecule has 0 unspecified atom stereocenters. The van der Waals surface area contributed by atoms with Crippen molar-refractivity contribution in [3.8, 4) is 23.0 Å². The molecule has 0 aromatic heterocycles. The van der Waals surface area contributed by atoms with Gasteiger partial charge in [0.05, 0.1) is 44.6 Å². The molecule has 1 amide bonds. The van der Waals surface area contributed by atoms with E-state index in [-0.39, 0.29) is 12.3 Å². The first kappa shape index (κ1) is 22.2. The number of hydrogen-bond donors (Lipinski definition) is 1. The second kappa shape index (κ2) is 10.4. The van der Waals surface area contributed by atoms with Crippen molar-refractivity contribution in [2.45, 2.75) is 20.3 Å². The van der Waals surface area contributed by atoms with Gasteiger partial charge in [-0.3, -0.25) is 4.79 Å². The van der Waals surface area contributed by atoms with Crippen molar-refractivity contribution in [2.24, 2.45) is 0 Å². The molecule has 6 nitrogen and oxygen atoms in total. The van der Waals surface area contributed by atoms with Crippen LogP contribution in [0.5, 0.6) is 23.0 Å². The molecule has 152 valence electrons. The number of rotatable bonds is 9. The summed E-state index contributed by atoms with van der Waals surface area (Å²) in [6.07, 6.45) is 0.126. The summed E-state index contributed by atoms with van der Waals surface area (Å²) in [5.74, 6) is 1.89. The van der Waals surface area contributed by atoms with Gasteiger partial charge in [-0.15, -0.1) is 0 Å². The molecule has 0 bridgehead atoms. The molecule has 0 aliphatic heterocycles. The van der Waals surface area contributed by atoms with Crippen molar-refractivity contribution >= 4 is 39.1 Å². The molecule has 2 rings (SSSR count). The fraction of sp³-hybridized carbons (Fsp3) is 0.350. The summed E-state index contributed by atoms with van der Waals surface area (Å²) in [7, 11) is 3.01. The Bertz CT molecular complexity index is 844. The highest BCUT2D eigenvalue weighted by molar-refractivity contribution is 9.10. The molecule has 0 saturated heterocycles. The maximum atomic E-state index is 12.6. The Hall–Kier alpha value is -2.12. The molecule has 8 heteroatoms. The van der Waals surface area contributed by atoms with Crippen LogP contribution < -0.4 is 24.3 Å². The van der Waals surface area contributed by atoms with Gasteiger partial charge in [0.25, 0.3) is 0 Å². The van der Waals surface area contributed by atoms with Gasteiger partial charge in [0.15, 0.2) is 11.5 Å². The minimum absolute atomic E-state index is 0.126. The van der Waals surface area contributed by atoms with Crippen LogP contribution >= 0.6 is 27.5 Å². The molecule has 0 heterocycles. The largest absolute Gasteiger partial charge is 0.495 e. The van der Waals surface area contributed by atoms with Gasteiger partial charge < -0.3 is 24.3 Å². The van der Waals surface area contributed by atoms with Crippen LogP contribution in [0.25, 0.3) is 0 Å². The Morgan fingerprint density at radius 3 is 2.14 bits per heavy atom. The normalized spacial score (nSPS) is 10.4. The van der Waals surface area contributed by atoms with E-state index in [0.29, 0.717) is 46.9 Å². The third-order valence-electron chi connectivity index (χ3n) is 3.81. The molecule has 0 aliphatic rings. The SMILES string of the molecule is CCOc1cc(Br)c(CC(=O)Nc2cc(OC)c(Cl)cc2OC)cc1OCC. The number of methoxy groups -OCH3 is 2. The standard InChI is InChI=1S/C20H23BrClNO5/c1-5-27-18-7-12(13(21)9-19(18)28-6-2)8-20(24)23-15-11-16(25-3)14(22)10-17(15)26-4/h7,9-11H,5-6,8H2,1-4H3,(H,23,24). The van der Waals surface area contributed by atoms with E-state index in [1.54, 1.807) is 18.2 Å². The molecule has 28 heavy (non-hydrogen) atoms. The minimum Gasteiger partial charge on any atom is -0.495 e. The van der Waals surface area contributed by atoms with Crippen LogP contribution in [-0.4, -0.2) is 33.3 Å². The number of ether oxygens (including phenoxy) is 4. The van der Waals surface area contributed by atoms with E-state index < -0.39 is 0 Å². The average molecular weight is 473 g/mol. The first-order chi connectivity index (χ1) is 13.4. The number of halogens is 2. The van der Waals surface area contributed by atoms with E-state index in [0.717, 1.165) is 10.0 Å². The molecule has 0 aliphatic carbocycles. The van der Waals surface area contributed by atoms with Crippen molar-refractivity contribution in [3.05, 3.63) is 39.3 Å². The maximum absolute atomic E-state index is 12.6. The summed E-state index contributed by atoms with van der Waals surface area (Å²) in [4.78, 5) is 12.6. The highest BCUT2D eigenvalue weighted by Gasteiger charge is 2.16. The zero-order chi connectivity index (χ0) is 20.7. The van der Waals surface area contributed by atoms with Crippen LogP contribution in [0.2, 0.25) is 5.02 Å². The zero-order valence-electron chi connectivity index (χ0n) is 16.2. The Kier molecular flexibility index (Phi) is 8.26. The topological polar surface area (TPSA) is 66.0 Å². The Balaban J connectivity index is 2.24. The lowest BCUT2D eigenvalue weighted by Crippen LogP contribution is -2.15. The minimum atomic E-state index is -0.227. The molecule has 0 saturated carbocycles. The average Bonchev–Trinajstić information content (AvgIpc) is 2.66. The van der Waals surface area contributed by atoms with Crippen LogP contribution in [0.15, 0.2) is 28.7 Å². The number of amides is 1. The van der Waals surface area contributed by atoms with Gasteiger partial charge in [0.2, 0.25) is 5.91 Å². The fourth-order valence-electron chi connectivity index (χ4n) is 2.57. The van der Waals surface area contributed by atoms with E-state index in [2.05, 4.69) is 21.2 Å². The third-order valence-corrected chi connectivity index (χ3v) is 4.85. The van der Waals surface area contributed by atoms with E-state index in [1.165, 1.54) is 14.2 Å². The highest BCUT2D eigenvalue weighted by atomic mass is 79.9. The second-order valence-electron chi connectivity index (χ2n) is 5.67. The number of hydrogen-bond acceptors (Lipinski definition) is 5. The Morgan fingerprint density at radius 2 is 1.57 bits per heavy atom. The molecule has 0 spiro atoms. The van der Waals surface area contributed by atoms with E-state index >= 15 is 0 Å². The Labute approximate surface area is 178 Å². The predicted octanol–water partition coefficient (Wildman–Crippen LogP) is 5.10. The van der Waals surface area contributed by atoms with Gasteiger partial charge in [-0.05, 0) is 31.5 Å². The second-order valence-corrected chi connectivity index (χ2v) is 6.93. The number of anilines is 1. The van der Waals surface area contributed by atoms with Crippen LogP contribution in [-0.2, 0) is 11.2 Å². The lowest BCUT2D eigenvalue weighted by molar-refractivity contribution is -0.115. The van der Waals surface area contributed by atoms with Gasteiger partial charge in [-0.2, -0.15) is 0 Å².